The quantitative estimate of drug-likeness (QED) is 0.686. The van der Waals surface area contributed by atoms with E-state index in [0.29, 0.717) is 17.2 Å². The van der Waals surface area contributed by atoms with Crippen LogP contribution in [0, 0.1) is 6.92 Å². The first-order chi connectivity index (χ1) is 9.24. The number of phenolic OH excluding ortho intramolecular Hbond substituents is 1. The number of nitrogens with zero attached hydrogens (tertiary/aromatic N) is 3. The predicted molar refractivity (Wildman–Crippen MR) is 73.5 cm³/mol. The highest BCUT2D eigenvalue weighted by molar-refractivity contribution is 5.88. The van der Waals surface area contributed by atoms with Gasteiger partial charge in [-0.25, -0.2) is 15.0 Å². The van der Waals surface area contributed by atoms with Gasteiger partial charge in [0.25, 0.3) is 0 Å². The number of anilines is 2. The molecule has 0 aliphatic heterocycles. The Hall–Kier alpha value is -2.69. The van der Waals surface area contributed by atoms with E-state index in [0.717, 1.165) is 10.9 Å². The summed E-state index contributed by atoms with van der Waals surface area (Å²) < 4.78 is 0. The van der Waals surface area contributed by atoms with Crippen LogP contribution in [0.15, 0.2) is 42.9 Å². The number of rotatable bonds is 2. The van der Waals surface area contributed by atoms with Gasteiger partial charge in [-0.2, -0.15) is 0 Å². The molecule has 5 nitrogen and oxygen atoms in total. The van der Waals surface area contributed by atoms with Gasteiger partial charge in [-0.15, -0.1) is 0 Å². The van der Waals surface area contributed by atoms with E-state index in [9.17, 15) is 5.11 Å². The van der Waals surface area contributed by atoms with Gasteiger partial charge in [-0.3, -0.25) is 0 Å². The molecule has 2 heterocycles. The maximum absolute atomic E-state index is 9.85. The van der Waals surface area contributed by atoms with E-state index in [4.69, 9.17) is 0 Å². The van der Waals surface area contributed by atoms with E-state index < -0.39 is 0 Å². The number of pyridine rings is 1. The van der Waals surface area contributed by atoms with Crippen LogP contribution in [-0.2, 0) is 0 Å². The van der Waals surface area contributed by atoms with Crippen LogP contribution in [0.3, 0.4) is 0 Å². The molecule has 1 aromatic carbocycles. The van der Waals surface area contributed by atoms with Crippen molar-refractivity contribution in [2.24, 2.45) is 0 Å². The molecule has 0 fully saturated rings. The molecule has 0 aliphatic rings. The number of nitrogens with one attached hydrogen (secondary N) is 1. The van der Waals surface area contributed by atoms with Crippen molar-refractivity contribution in [3.05, 3.63) is 48.4 Å². The Morgan fingerprint density at radius 3 is 2.89 bits per heavy atom. The summed E-state index contributed by atoms with van der Waals surface area (Å²) in [6, 6.07) is 9.07. The molecule has 0 amide bonds. The second kappa shape index (κ2) is 4.53. The Bertz CT molecular complexity index is 737. The molecule has 2 aromatic heterocycles. The number of fused-ring (bicyclic) bond motifs is 1. The molecule has 5 heteroatoms. The highest BCUT2D eigenvalue weighted by Gasteiger charge is 2.07. The number of hydrogen-bond donors (Lipinski definition) is 2. The highest BCUT2D eigenvalue weighted by Crippen LogP contribution is 2.28. The molecule has 3 aromatic rings. The van der Waals surface area contributed by atoms with Gasteiger partial charge in [0, 0.05) is 6.20 Å². The van der Waals surface area contributed by atoms with E-state index in [1.807, 2.05) is 31.2 Å². The van der Waals surface area contributed by atoms with Crippen molar-refractivity contribution in [3.63, 3.8) is 0 Å². The topological polar surface area (TPSA) is 70.9 Å². The summed E-state index contributed by atoms with van der Waals surface area (Å²) in [5, 5.41) is 13.8. The van der Waals surface area contributed by atoms with Crippen LogP contribution >= 0.6 is 0 Å². The Balaban J connectivity index is 2.08. The van der Waals surface area contributed by atoms with Gasteiger partial charge in [-0.05, 0) is 36.8 Å². The standard InChI is InChI=1S/C14H12N4O/c1-9-4-5-12(19)11(7-9)18-14-10-3-2-6-15-13(10)16-8-17-14/h2-8,19H,1H3,(H,15,16,17,18). The molecular weight excluding hydrogens is 240 g/mol. The van der Waals surface area contributed by atoms with Crippen molar-refractivity contribution < 1.29 is 5.11 Å². The predicted octanol–water partition coefficient (Wildman–Crippen LogP) is 2.78. The number of phenols is 1. The van der Waals surface area contributed by atoms with Crippen molar-refractivity contribution >= 4 is 22.5 Å². The van der Waals surface area contributed by atoms with E-state index in [1.165, 1.54) is 6.33 Å². The number of aromatic hydroxyl groups is 1. The summed E-state index contributed by atoms with van der Waals surface area (Å²) in [6.07, 6.45) is 3.13. The first kappa shape index (κ1) is 11.4. The van der Waals surface area contributed by atoms with Gasteiger partial charge in [0.2, 0.25) is 0 Å². The normalized spacial score (nSPS) is 10.6. The third-order valence-electron chi connectivity index (χ3n) is 2.81. The van der Waals surface area contributed by atoms with Gasteiger partial charge >= 0.3 is 0 Å². The largest absolute Gasteiger partial charge is 0.506 e. The molecule has 19 heavy (non-hydrogen) atoms. The SMILES string of the molecule is Cc1ccc(O)c(Nc2ncnc3ncccc23)c1. The lowest BCUT2D eigenvalue weighted by Crippen LogP contribution is -1.97. The zero-order chi connectivity index (χ0) is 13.2. The number of hydrogen-bond acceptors (Lipinski definition) is 5. The minimum absolute atomic E-state index is 0.182. The first-order valence-electron chi connectivity index (χ1n) is 5.86. The summed E-state index contributed by atoms with van der Waals surface area (Å²) in [5.74, 6) is 0.806. The summed E-state index contributed by atoms with van der Waals surface area (Å²) in [6.45, 7) is 1.96. The number of benzene rings is 1. The lowest BCUT2D eigenvalue weighted by Gasteiger charge is -2.10. The van der Waals surface area contributed by atoms with Crippen LogP contribution in [0.1, 0.15) is 5.56 Å². The summed E-state index contributed by atoms with van der Waals surface area (Å²) in [7, 11) is 0. The van der Waals surface area contributed by atoms with Gasteiger partial charge < -0.3 is 10.4 Å². The second-order valence-corrected chi connectivity index (χ2v) is 4.24. The molecule has 2 N–H and O–H groups in total. The van der Waals surface area contributed by atoms with Crippen LogP contribution in [0.25, 0.3) is 11.0 Å². The fourth-order valence-corrected chi connectivity index (χ4v) is 1.87. The summed E-state index contributed by atoms with van der Waals surface area (Å²) in [4.78, 5) is 12.5. The Morgan fingerprint density at radius 2 is 2.00 bits per heavy atom. The van der Waals surface area contributed by atoms with Crippen molar-refractivity contribution in [1.82, 2.24) is 15.0 Å². The van der Waals surface area contributed by atoms with Crippen LogP contribution in [-0.4, -0.2) is 20.1 Å². The molecule has 0 radical (unpaired) electrons. The van der Waals surface area contributed by atoms with Crippen LogP contribution in [0.5, 0.6) is 5.75 Å². The van der Waals surface area contributed by atoms with Crippen molar-refractivity contribution in [2.45, 2.75) is 6.92 Å². The zero-order valence-electron chi connectivity index (χ0n) is 10.3. The molecule has 0 aliphatic carbocycles. The van der Waals surface area contributed by atoms with Crippen LogP contribution in [0.4, 0.5) is 11.5 Å². The number of aromatic nitrogens is 3. The van der Waals surface area contributed by atoms with Crippen molar-refractivity contribution in [1.29, 1.82) is 0 Å². The smallest absolute Gasteiger partial charge is 0.164 e. The highest BCUT2D eigenvalue weighted by atomic mass is 16.3. The average Bonchev–Trinajstić information content (AvgIpc) is 2.43. The fourth-order valence-electron chi connectivity index (χ4n) is 1.87. The van der Waals surface area contributed by atoms with E-state index >= 15 is 0 Å². The molecule has 94 valence electrons. The van der Waals surface area contributed by atoms with E-state index in [1.54, 1.807) is 12.3 Å². The number of aryl methyl sites for hydroxylation is 1. The molecule has 3 rings (SSSR count). The van der Waals surface area contributed by atoms with E-state index in [-0.39, 0.29) is 5.75 Å². The lowest BCUT2D eigenvalue weighted by atomic mass is 10.2. The third kappa shape index (κ3) is 2.18. The third-order valence-corrected chi connectivity index (χ3v) is 2.81. The van der Waals surface area contributed by atoms with E-state index in [2.05, 4.69) is 20.3 Å². The van der Waals surface area contributed by atoms with Crippen molar-refractivity contribution in [2.75, 3.05) is 5.32 Å². The maximum atomic E-state index is 9.85. The van der Waals surface area contributed by atoms with Crippen LogP contribution < -0.4 is 5.32 Å². The summed E-state index contributed by atoms with van der Waals surface area (Å²) in [5.41, 5.74) is 2.28. The van der Waals surface area contributed by atoms with Gasteiger partial charge in [0.05, 0.1) is 11.1 Å². The average molecular weight is 252 g/mol. The molecule has 0 bridgehead atoms. The second-order valence-electron chi connectivity index (χ2n) is 4.24. The first-order valence-corrected chi connectivity index (χ1v) is 5.86. The molecule has 0 saturated carbocycles. The maximum Gasteiger partial charge on any atom is 0.164 e. The Labute approximate surface area is 110 Å². The molecule has 0 unspecified atom stereocenters. The van der Waals surface area contributed by atoms with Gasteiger partial charge in [0.15, 0.2) is 5.65 Å². The minimum Gasteiger partial charge on any atom is -0.506 e. The minimum atomic E-state index is 0.182. The molecule has 0 atom stereocenters. The van der Waals surface area contributed by atoms with Crippen LogP contribution in [0.2, 0.25) is 0 Å². The summed E-state index contributed by atoms with van der Waals surface area (Å²) >= 11 is 0. The lowest BCUT2D eigenvalue weighted by molar-refractivity contribution is 0.477. The molecule has 0 spiro atoms. The monoisotopic (exact) mass is 252 g/mol. The van der Waals surface area contributed by atoms with Crippen molar-refractivity contribution in [3.8, 4) is 5.75 Å². The van der Waals surface area contributed by atoms with Gasteiger partial charge in [0.1, 0.15) is 17.9 Å². The molecule has 0 saturated heterocycles. The Kier molecular flexibility index (Phi) is 2.72. The zero-order valence-corrected chi connectivity index (χ0v) is 10.3. The Morgan fingerprint density at radius 1 is 1.11 bits per heavy atom. The molecular formula is C14H12N4O. The van der Waals surface area contributed by atoms with Gasteiger partial charge in [-0.1, -0.05) is 6.07 Å². The fraction of sp³-hybridized carbons (Fsp3) is 0.0714.